The van der Waals surface area contributed by atoms with Gasteiger partial charge in [-0.15, -0.1) is 0 Å². The average molecular weight is 402 g/mol. The fourth-order valence-electron chi connectivity index (χ4n) is 4.38. The van der Waals surface area contributed by atoms with Crippen LogP contribution in [0.5, 0.6) is 0 Å². The molecule has 2 aliphatic rings. The van der Waals surface area contributed by atoms with Crippen molar-refractivity contribution in [2.45, 2.75) is 38.0 Å². The lowest BCUT2D eigenvalue weighted by Gasteiger charge is -2.32. The van der Waals surface area contributed by atoms with Crippen molar-refractivity contribution in [3.8, 4) is 0 Å². The molecule has 5 rings (SSSR count). The highest BCUT2D eigenvalue weighted by atomic mass is 19.4. The number of hydrogen-bond acceptors (Lipinski definition) is 5. The number of halogens is 3. The Morgan fingerprint density at radius 1 is 1.14 bits per heavy atom. The Balaban J connectivity index is 1.29. The average Bonchev–Trinajstić information content (AvgIpc) is 3.34. The van der Waals surface area contributed by atoms with Crippen LogP contribution in [0.25, 0.3) is 11.0 Å². The van der Waals surface area contributed by atoms with Crippen molar-refractivity contribution in [3.63, 3.8) is 0 Å². The van der Waals surface area contributed by atoms with Crippen LogP contribution in [0.3, 0.4) is 0 Å². The number of rotatable bonds is 3. The van der Waals surface area contributed by atoms with Crippen LogP contribution in [0.2, 0.25) is 0 Å². The van der Waals surface area contributed by atoms with Crippen molar-refractivity contribution < 1.29 is 13.2 Å². The Kier molecular flexibility index (Phi) is 4.42. The molecule has 1 saturated heterocycles. The molecule has 29 heavy (non-hydrogen) atoms. The molecule has 0 bridgehead atoms. The van der Waals surface area contributed by atoms with Crippen molar-refractivity contribution in [3.05, 3.63) is 47.7 Å². The lowest BCUT2D eigenvalue weighted by Crippen LogP contribution is -2.34. The molecule has 0 spiro atoms. The summed E-state index contributed by atoms with van der Waals surface area (Å²) in [4.78, 5) is 14.9. The third-order valence-electron chi connectivity index (χ3n) is 5.81. The predicted molar refractivity (Wildman–Crippen MR) is 103 cm³/mol. The largest absolute Gasteiger partial charge is 0.433 e. The van der Waals surface area contributed by atoms with Crippen LogP contribution in [0.1, 0.15) is 35.8 Å². The monoisotopic (exact) mass is 402 g/mol. The molecule has 6 nitrogen and oxygen atoms in total. The molecule has 5 heterocycles. The minimum Gasteiger partial charge on any atom is -0.369 e. The molecule has 152 valence electrons. The van der Waals surface area contributed by atoms with Gasteiger partial charge in [-0.25, -0.2) is 15.0 Å². The van der Waals surface area contributed by atoms with Crippen LogP contribution in [0.4, 0.5) is 19.0 Å². The Hall–Kier alpha value is -2.68. The summed E-state index contributed by atoms with van der Waals surface area (Å²) in [7, 11) is 0. The predicted octanol–water partition coefficient (Wildman–Crippen LogP) is 3.65. The Morgan fingerprint density at radius 3 is 2.76 bits per heavy atom. The minimum absolute atomic E-state index is 0.331. The van der Waals surface area contributed by atoms with Gasteiger partial charge in [-0.2, -0.15) is 13.2 Å². The standard InChI is InChI=1S/C20H21F3N6/c21-20(22,23)17-3-1-2-13(27-17)11-28-8-5-14(6-9-28)29-12-26-16-10-25-19-15(18(16)29)4-7-24-19/h1-3,10,12,14H,4-9,11H2,(H,24,25). The first-order chi connectivity index (χ1) is 14.0. The number of nitrogens with one attached hydrogen (secondary N) is 1. The van der Waals surface area contributed by atoms with E-state index in [-0.39, 0.29) is 0 Å². The van der Waals surface area contributed by atoms with Gasteiger partial charge in [0.2, 0.25) is 0 Å². The van der Waals surface area contributed by atoms with E-state index in [1.807, 2.05) is 12.5 Å². The van der Waals surface area contributed by atoms with Crippen molar-refractivity contribution >= 4 is 16.9 Å². The van der Waals surface area contributed by atoms with Gasteiger partial charge in [0.25, 0.3) is 0 Å². The van der Waals surface area contributed by atoms with E-state index < -0.39 is 11.9 Å². The van der Waals surface area contributed by atoms with Crippen LogP contribution in [-0.4, -0.2) is 44.1 Å². The van der Waals surface area contributed by atoms with Crippen molar-refractivity contribution in [2.75, 3.05) is 25.0 Å². The first kappa shape index (κ1) is 18.4. The third-order valence-corrected chi connectivity index (χ3v) is 5.81. The summed E-state index contributed by atoms with van der Waals surface area (Å²) in [6.07, 6.45) is 2.11. The van der Waals surface area contributed by atoms with Crippen LogP contribution in [0.15, 0.2) is 30.7 Å². The molecule has 0 radical (unpaired) electrons. The van der Waals surface area contributed by atoms with Gasteiger partial charge in [0.1, 0.15) is 17.0 Å². The van der Waals surface area contributed by atoms with Gasteiger partial charge >= 0.3 is 6.18 Å². The maximum atomic E-state index is 12.9. The van der Waals surface area contributed by atoms with Gasteiger partial charge < -0.3 is 9.88 Å². The fourth-order valence-corrected chi connectivity index (χ4v) is 4.38. The summed E-state index contributed by atoms with van der Waals surface area (Å²) in [6.45, 7) is 2.96. The Morgan fingerprint density at radius 2 is 1.97 bits per heavy atom. The number of anilines is 1. The number of aromatic nitrogens is 4. The van der Waals surface area contributed by atoms with E-state index in [2.05, 4.69) is 29.7 Å². The number of alkyl halides is 3. The van der Waals surface area contributed by atoms with E-state index in [9.17, 15) is 13.2 Å². The quantitative estimate of drug-likeness (QED) is 0.725. The van der Waals surface area contributed by atoms with E-state index in [0.717, 1.165) is 61.8 Å². The zero-order valence-electron chi connectivity index (χ0n) is 15.8. The van der Waals surface area contributed by atoms with E-state index in [1.54, 1.807) is 6.07 Å². The summed E-state index contributed by atoms with van der Waals surface area (Å²) >= 11 is 0. The molecule has 2 aliphatic heterocycles. The highest BCUT2D eigenvalue weighted by Gasteiger charge is 2.32. The molecule has 0 aromatic carbocycles. The van der Waals surface area contributed by atoms with Gasteiger partial charge in [0.15, 0.2) is 0 Å². The summed E-state index contributed by atoms with van der Waals surface area (Å²) in [5, 5.41) is 3.31. The topological polar surface area (TPSA) is 58.9 Å². The molecule has 0 amide bonds. The first-order valence-corrected chi connectivity index (χ1v) is 9.83. The summed E-state index contributed by atoms with van der Waals surface area (Å²) in [5.74, 6) is 0.951. The van der Waals surface area contributed by atoms with Crippen LogP contribution < -0.4 is 5.32 Å². The second-order valence-corrected chi connectivity index (χ2v) is 7.67. The van der Waals surface area contributed by atoms with E-state index in [4.69, 9.17) is 0 Å². The Labute approximate surface area is 165 Å². The zero-order valence-corrected chi connectivity index (χ0v) is 15.8. The van der Waals surface area contributed by atoms with Gasteiger partial charge in [-0.3, -0.25) is 4.90 Å². The number of nitrogens with zero attached hydrogens (tertiary/aromatic N) is 5. The van der Waals surface area contributed by atoms with E-state index in [0.29, 0.717) is 18.3 Å². The number of piperidine rings is 1. The Bertz CT molecular complexity index is 1040. The number of pyridine rings is 2. The van der Waals surface area contributed by atoms with Crippen molar-refractivity contribution in [2.24, 2.45) is 0 Å². The molecule has 3 aromatic heterocycles. The second kappa shape index (κ2) is 6.98. The normalized spacial score (nSPS) is 18.2. The highest BCUT2D eigenvalue weighted by molar-refractivity contribution is 5.83. The molecule has 3 aromatic rings. The lowest BCUT2D eigenvalue weighted by molar-refractivity contribution is -0.141. The van der Waals surface area contributed by atoms with Gasteiger partial charge in [-0.05, 0) is 31.4 Å². The molecule has 0 aliphatic carbocycles. The van der Waals surface area contributed by atoms with Gasteiger partial charge in [0, 0.05) is 37.8 Å². The highest BCUT2D eigenvalue weighted by Crippen LogP contribution is 2.33. The molecule has 1 fully saturated rings. The molecule has 1 N–H and O–H groups in total. The van der Waals surface area contributed by atoms with Crippen LogP contribution in [-0.2, 0) is 19.1 Å². The van der Waals surface area contributed by atoms with Crippen molar-refractivity contribution in [1.82, 2.24) is 24.4 Å². The van der Waals surface area contributed by atoms with Crippen LogP contribution in [0, 0.1) is 0 Å². The van der Waals surface area contributed by atoms with Crippen LogP contribution >= 0.6 is 0 Å². The number of fused-ring (bicyclic) bond motifs is 3. The molecule has 0 saturated carbocycles. The number of imidazole rings is 1. The van der Waals surface area contributed by atoms with Crippen molar-refractivity contribution in [1.29, 1.82) is 0 Å². The molecule has 0 atom stereocenters. The maximum Gasteiger partial charge on any atom is 0.433 e. The van der Waals surface area contributed by atoms with Gasteiger partial charge in [0.05, 0.1) is 23.7 Å². The zero-order chi connectivity index (χ0) is 20.0. The first-order valence-electron chi connectivity index (χ1n) is 9.83. The SMILES string of the molecule is FC(F)(F)c1cccc(CN2CCC(n3cnc4cnc5c(c43)CCN5)CC2)n1. The van der Waals surface area contributed by atoms with E-state index >= 15 is 0 Å². The maximum absolute atomic E-state index is 12.9. The molecular weight excluding hydrogens is 381 g/mol. The van der Waals surface area contributed by atoms with Gasteiger partial charge in [-0.1, -0.05) is 6.07 Å². The summed E-state index contributed by atoms with van der Waals surface area (Å²) in [6, 6.07) is 4.44. The fraction of sp³-hybridized carbons (Fsp3) is 0.450. The van der Waals surface area contributed by atoms with E-state index in [1.165, 1.54) is 11.6 Å². The third kappa shape index (κ3) is 3.43. The lowest BCUT2D eigenvalue weighted by atomic mass is 10.0. The number of hydrogen-bond donors (Lipinski definition) is 1. The summed E-state index contributed by atoms with van der Waals surface area (Å²) in [5.41, 5.74) is 2.95. The molecular formula is C20H21F3N6. The summed E-state index contributed by atoms with van der Waals surface area (Å²) < 4.78 is 40.9. The molecule has 9 heteroatoms. The minimum atomic E-state index is -4.41. The molecule has 0 unspecified atom stereocenters. The smallest absolute Gasteiger partial charge is 0.369 e. The number of likely N-dealkylation sites (tertiary alicyclic amines) is 1. The second-order valence-electron chi connectivity index (χ2n) is 7.67.